The molecule has 1 N–H and O–H groups in total. The number of halogens is 3. The van der Waals surface area contributed by atoms with E-state index in [1.165, 1.54) is 12.1 Å². The van der Waals surface area contributed by atoms with E-state index in [4.69, 9.17) is 0 Å². The van der Waals surface area contributed by atoms with Gasteiger partial charge in [0.15, 0.2) is 0 Å². The Balaban J connectivity index is 2.20. The van der Waals surface area contributed by atoms with Gasteiger partial charge in [0, 0.05) is 37.3 Å². The molecule has 112 valence electrons. The largest absolute Gasteiger partial charge is 0.311 e. The summed E-state index contributed by atoms with van der Waals surface area (Å²) < 4.78 is 28.3. The maximum atomic E-state index is 14.1. The second kappa shape index (κ2) is 6.96. The van der Waals surface area contributed by atoms with Crippen molar-refractivity contribution >= 4 is 15.9 Å². The summed E-state index contributed by atoms with van der Waals surface area (Å²) in [4.78, 5) is 2.19. The van der Waals surface area contributed by atoms with Gasteiger partial charge in [0.2, 0.25) is 0 Å². The minimum Gasteiger partial charge on any atom is -0.311 e. The van der Waals surface area contributed by atoms with Gasteiger partial charge in [0.05, 0.1) is 4.47 Å². The van der Waals surface area contributed by atoms with Crippen LogP contribution in [0.2, 0.25) is 0 Å². The van der Waals surface area contributed by atoms with E-state index in [9.17, 15) is 8.78 Å². The van der Waals surface area contributed by atoms with E-state index in [1.54, 1.807) is 0 Å². The quantitative estimate of drug-likeness (QED) is 0.836. The van der Waals surface area contributed by atoms with E-state index in [2.05, 4.69) is 40.0 Å². The molecule has 1 aliphatic heterocycles. The number of nitrogens with one attached hydrogen (secondary N) is 1. The van der Waals surface area contributed by atoms with E-state index in [1.807, 2.05) is 0 Å². The molecule has 2 unspecified atom stereocenters. The molecule has 20 heavy (non-hydrogen) atoms. The van der Waals surface area contributed by atoms with E-state index in [0.29, 0.717) is 23.1 Å². The molecule has 0 aliphatic carbocycles. The zero-order valence-electron chi connectivity index (χ0n) is 11.9. The van der Waals surface area contributed by atoms with Crippen LogP contribution in [0.15, 0.2) is 16.6 Å². The maximum absolute atomic E-state index is 14.1. The first-order valence-electron chi connectivity index (χ1n) is 7.12. The van der Waals surface area contributed by atoms with Crippen molar-refractivity contribution in [3.63, 3.8) is 0 Å². The summed E-state index contributed by atoms with van der Waals surface area (Å²) in [5.41, 5.74) is 0.162. The van der Waals surface area contributed by atoms with Gasteiger partial charge < -0.3 is 5.32 Å². The number of rotatable bonds is 4. The van der Waals surface area contributed by atoms with E-state index in [-0.39, 0.29) is 5.56 Å². The standard InChI is InChI=1S/C15H21BrF2N2/c1-3-4-11-7-19-10(2)8-20(11)9-12-14(17)6-5-13(16)15(12)18/h5-6,10-11,19H,3-4,7-9H2,1-2H3. The highest BCUT2D eigenvalue weighted by Gasteiger charge is 2.27. The van der Waals surface area contributed by atoms with Crippen LogP contribution in [0.1, 0.15) is 32.3 Å². The molecule has 1 saturated heterocycles. The summed E-state index contributed by atoms with van der Waals surface area (Å²) in [7, 11) is 0. The van der Waals surface area contributed by atoms with Crippen molar-refractivity contribution < 1.29 is 8.78 Å². The molecule has 0 spiro atoms. The van der Waals surface area contributed by atoms with Gasteiger partial charge in [0.25, 0.3) is 0 Å². The van der Waals surface area contributed by atoms with Crippen LogP contribution in [0.25, 0.3) is 0 Å². The molecule has 2 nitrogen and oxygen atoms in total. The lowest BCUT2D eigenvalue weighted by atomic mass is 10.0. The van der Waals surface area contributed by atoms with E-state index >= 15 is 0 Å². The predicted molar refractivity (Wildman–Crippen MR) is 80.6 cm³/mol. The van der Waals surface area contributed by atoms with Gasteiger partial charge in [-0.05, 0) is 41.4 Å². The third kappa shape index (κ3) is 3.57. The van der Waals surface area contributed by atoms with Crippen molar-refractivity contribution in [1.82, 2.24) is 10.2 Å². The minimum atomic E-state index is -0.480. The summed E-state index contributed by atoms with van der Waals surface area (Å²) in [6, 6.07) is 3.43. The minimum absolute atomic E-state index is 0.162. The summed E-state index contributed by atoms with van der Waals surface area (Å²) >= 11 is 3.13. The van der Waals surface area contributed by atoms with Crippen LogP contribution in [0.3, 0.4) is 0 Å². The van der Waals surface area contributed by atoms with Gasteiger partial charge in [-0.2, -0.15) is 0 Å². The molecule has 1 aromatic rings. The molecular weight excluding hydrogens is 326 g/mol. The van der Waals surface area contributed by atoms with Crippen LogP contribution >= 0.6 is 15.9 Å². The van der Waals surface area contributed by atoms with Gasteiger partial charge >= 0.3 is 0 Å². The van der Waals surface area contributed by atoms with Gasteiger partial charge in [-0.1, -0.05) is 13.3 Å². The van der Waals surface area contributed by atoms with Crippen LogP contribution in [0.4, 0.5) is 8.78 Å². The number of nitrogens with zero attached hydrogens (tertiary/aromatic N) is 1. The van der Waals surface area contributed by atoms with Crippen LogP contribution in [-0.2, 0) is 6.54 Å². The Labute approximate surface area is 127 Å². The second-order valence-corrected chi connectivity index (χ2v) is 6.36. The fraction of sp³-hybridized carbons (Fsp3) is 0.600. The van der Waals surface area contributed by atoms with Crippen LogP contribution in [0.5, 0.6) is 0 Å². The van der Waals surface area contributed by atoms with Crippen molar-refractivity contribution in [3.05, 3.63) is 33.8 Å². The lowest BCUT2D eigenvalue weighted by Gasteiger charge is -2.39. The molecular formula is C15H21BrF2N2. The van der Waals surface area contributed by atoms with Crippen molar-refractivity contribution in [2.45, 2.75) is 45.3 Å². The third-order valence-electron chi connectivity index (χ3n) is 3.85. The fourth-order valence-corrected chi connectivity index (χ4v) is 3.13. The van der Waals surface area contributed by atoms with Crippen molar-refractivity contribution in [1.29, 1.82) is 0 Å². The Hall–Kier alpha value is -0.520. The molecule has 1 heterocycles. The predicted octanol–water partition coefficient (Wildman–Crippen LogP) is 3.69. The van der Waals surface area contributed by atoms with Crippen LogP contribution in [-0.4, -0.2) is 30.1 Å². The van der Waals surface area contributed by atoms with Crippen molar-refractivity contribution in [3.8, 4) is 0 Å². The normalized spacial score (nSPS) is 24.1. The van der Waals surface area contributed by atoms with Crippen molar-refractivity contribution in [2.75, 3.05) is 13.1 Å². The molecule has 2 rings (SSSR count). The average molecular weight is 347 g/mol. The Morgan fingerprint density at radius 2 is 2.15 bits per heavy atom. The monoisotopic (exact) mass is 346 g/mol. The van der Waals surface area contributed by atoms with Crippen LogP contribution in [0, 0.1) is 11.6 Å². The summed E-state index contributed by atoms with van der Waals surface area (Å²) in [5.74, 6) is -0.946. The molecule has 1 aromatic carbocycles. The first kappa shape index (κ1) is 15.9. The van der Waals surface area contributed by atoms with Gasteiger partial charge in [-0.25, -0.2) is 8.78 Å². The third-order valence-corrected chi connectivity index (χ3v) is 4.46. The topological polar surface area (TPSA) is 15.3 Å². The lowest BCUT2D eigenvalue weighted by Crippen LogP contribution is -2.55. The average Bonchev–Trinajstić information content (AvgIpc) is 2.42. The maximum Gasteiger partial charge on any atom is 0.144 e. The number of benzene rings is 1. The van der Waals surface area contributed by atoms with Crippen LogP contribution < -0.4 is 5.32 Å². The lowest BCUT2D eigenvalue weighted by molar-refractivity contribution is 0.117. The first-order valence-corrected chi connectivity index (χ1v) is 7.92. The first-order chi connectivity index (χ1) is 9.52. The Morgan fingerprint density at radius 1 is 1.40 bits per heavy atom. The van der Waals surface area contributed by atoms with Gasteiger partial charge in [-0.3, -0.25) is 4.90 Å². The molecule has 0 radical (unpaired) electrons. The Kier molecular flexibility index (Phi) is 5.52. The molecule has 1 fully saturated rings. The fourth-order valence-electron chi connectivity index (χ4n) is 2.76. The van der Waals surface area contributed by atoms with Gasteiger partial charge in [-0.15, -0.1) is 0 Å². The summed E-state index contributed by atoms with van der Waals surface area (Å²) in [5, 5.41) is 3.43. The van der Waals surface area contributed by atoms with Gasteiger partial charge in [0.1, 0.15) is 11.6 Å². The molecule has 5 heteroatoms. The molecule has 0 saturated carbocycles. The number of hydrogen-bond acceptors (Lipinski definition) is 2. The SMILES string of the molecule is CCCC1CNC(C)CN1Cc1c(F)ccc(Br)c1F. The highest BCUT2D eigenvalue weighted by Crippen LogP contribution is 2.25. The molecule has 0 aromatic heterocycles. The number of hydrogen-bond donors (Lipinski definition) is 1. The highest BCUT2D eigenvalue weighted by atomic mass is 79.9. The molecule has 0 amide bonds. The zero-order chi connectivity index (χ0) is 14.7. The Morgan fingerprint density at radius 3 is 2.85 bits per heavy atom. The molecule has 2 atom stereocenters. The smallest absolute Gasteiger partial charge is 0.144 e. The highest BCUT2D eigenvalue weighted by molar-refractivity contribution is 9.10. The van der Waals surface area contributed by atoms with E-state index in [0.717, 1.165) is 25.9 Å². The molecule has 1 aliphatic rings. The van der Waals surface area contributed by atoms with Crippen molar-refractivity contribution in [2.24, 2.45) is 0 Å². The molecule has 0 bridgehead atoms. The second-order valence-electron chi connectivity index (χ2n) is 5.50. The summed E-state index contributed by atoms with van der Waals surface area (Å²) in [6.45, 7) is 6.26. The number of piperazine rings is 1. The zero-order valence-corrected chi connectivity index (χ0v) is 13.5. The Bertz CT molecular complexity index is 467. The summed E-state index contributed by atoms with van der Waals surface area (Å²) in [6.07, 6.45) is 2.11. The van der Waals surface area contributed by atoms with E-state index < -0.39 is 11.6 Å².